The average molecular weight is 186 g/mol. The Morgan fingerprint density at radius 2 is 2.25 bits per heavy atom. The fourth-order valence-corrected chi connectivity index (χ4v) is 1.23. The monoisotopic (exact) mass is 185 g/mol. The molecule has 0 fully saturated rings. The van der Waals surface area contributed by atoms with E-state index >= 15 is 0 Å². The first-order valence-corrected chi connectivity index (χ1v) is 4.27. The van der Waals surface area contributed by atoms with Crippen LogP contribution in [0.3, 0.4) is 0 Å². The second kappa shape index (κ2) is 3.78. The van der Waals surface area contributed by atoms with Gasteiger partial charge in [0.25, 0.3) is 0 Å². The highest BCUT2D eigenvalue weighted by Crippen LogP contribution is 2.31. The fraction of sp³-hybridized carbons (Fsp3) is 0.333. The van der Waals surface area contributed by atoms with Crippen LogP contribution in [-0.2, 0) is 0 Å². The molecule has 1 aromatic carbocycles. The molecule has 3 heteroatoms. The van der Waals surface area contributed by atoms with E-state index in [1.165, 1.54) is 0 Å². The second-order valence-corrected chi connectivity index (χ2v) is 3.10. The summed E-state index contributed by atoms with van der Waals surface area (Å²) in [5.41, 5.74) is 6.46. The Morgan fingerprint density at radius 3 is 2.83 bits per heavy atom. The largest absolute Gasteiger partial charge is 0.506 e. The number of aromatic hydroxyl groups is 1. The molecular formula is C9H12ClNO. The van der Waals surface area contributed by atoms with Gasteiger partial charge in [0.1, 0.15) is 5.75 Å². The minimum absolute atomic E-state index is 0.105. The molecule has 12 heavy (non-hydrogen) atoms. The third kappa shape index (κ3) is 1.71. The standard InChI is InChI=1S/C9H12ClNO/c1-2-8(11)6-4-3-5-7(10)9(6)12/h3-5,8,12H,2,11H2,1H3/t8-/m0/s1. The molecule has 2 nitrogen and oxygen atoms in total. The van der Waals surface area contributed by atoms with Crippen molar-refractivity contribution in [2.24, 2.45) is 5.73 Å². The molecule has 0 saturated heterocycles. The molecule has 0 aliphatic carbocycles. The van der Waals surface area contributed by atoms with E-state index in [1.54, 1.807) is 18.2 Å². The predicted molar refractivity (Wildman–Crippen MR) is 50.3 cm³/mol. The van der Waals surface area contributed by atoms with Crippen LogP contribution in [0.4, 0.5) is 0 Å². The minimum atomic E-state index is -0.135. The van der Waals surface area contributed by atoms with Gasteiger partial charge < -0.3 is 10.8 Å². The number of hydrogen-bond donors (Lipinski definition) is 2. The van der Waals surface area contributed by atoms with Crippen LogP contribution in [0.15, 0.2) is 18.2 Å². The third-order valence-electron chi connectivity index (χ3n) is 1.86. The Balaban J connectivity index is 3.07. The van der Waals surface area contributed by atoms with E-state index in [4.69, 9.17) is 17.3 Å². The summed E-state index contributed by atoms with van der Waals surface area (Å²) in [5, 5.41) is 9.84. The number of nitrogens with two attached hydrogens (primary N) is 1. The van der Waals surface area contributed by atoms with Crippen molar-refractivity contribution in [3.8, 4) is 5.75 Å². The predicted octanol–water partition coefficient (Wildman–Crippen LogP) is 2.46. The van der Waals surface area contributed by atoms with Gasteiger partial charge in [-0.2, -0.15) is 0 Å². The van der Waals surface area contributed by atoms with Gasteiger partial charge in [0.15, 0.2) is 0 Å². The fourth-order valence-electron chi connectivity index (χ4n) is 1.05. The first-order chi connectivity index (χ1) is 5.66. The summed E-state index contributed by atoms with van der Waals surface area (Å²) >= 11 is 5.71. The summed E-state index contributed by atoms with van der Waals surface area (Å²) < 4.78 is 0. The van der Waals surface area contributed by atoms with Crippen LogP contribution >= 0.6 is 11.6 Å². The van der Waals surface area contributed by atoms with Crippen LogP contribution in [-0.4, -0.2) is 5.11 Å². The quantitative estimate of drug-likeness (QED) is 0.744. The molecule has 0 aliphatic rings. The van der Waals surface area contributed by atoms with Gasteiger partial charge in [-0.15, -0.1) is 0 Å². The SMILES string of the molecule is CC[C@H](N)c1cccc(Cl)c1O. The number of para-hydroxylation sites is 1. The van der Waals surface area contributed by atoms with Gasteiger partial charge in [0.05, 0.1) is 5.02 Å². The maximum atomic E-state index is 9.49. The number of phenols is 1. The first kappa shape index (κ1) is 9.36. The Bertz CT molecular complexity index is 275. The zero-order valence-corrected chi connectivity index (χ0v) is 7.67. The zero-order chi connectivity index (χ0) is 9.14. The van der Waals surface area contributed by atoms with Gasteiger partial charge in [-0.25, -0.2) is 0 Å². The lowest BCUT2D eigenvalue weighted by atomic mass is 10.0. The summed E-state index contributed by atoms with van der Waals surface area (Å²) in [7, 11) is 0. The number of halogens is 1. The molecule has 0 unspecified atom stereocenters. The molecular weight excluding hydrogens is 174 g/mol. The van der Waals surface area contributed by atoms with Crippen molar-refractivity contribution in [2.45, 2.75) is 19.4 Å². The smallest absolute Gasteiger partial charge is 0.138 e. The lowest BCUT2D eigenvalue weighted by Gasteiger charge is -2.11. The Hall–Kier alpha value is -0.730. The van der Waals surface area contributed by atoms with Crippen molar-refractivity contribution in [3.63, 3.8) is 0 Å². The Morgan fingerprint density at radius 1 is 1.58 bits per heavy atom. The van der Waals surface area contributed by atoms with Crippen LogP contribution in [0, 0.1) is 0 Å². The van der Waals surface area contributed by atoms with Crippen LogP contribution in [0.5, 0.6) is 5.75 Å². The normalized spacial score (nSPS) is 12.9. The maximum Gasteiger partial charge on any atom is 0.138 e. The Labute approximate surface area is 77.0 Å². The lowest BCUT2D eigenvalue weighted by Crippen LogP contribution is -2.08. The third-order valence-corrected chi connectivity index (χ3v) is 2.16. The highest BCUT2D eigenvalue weighted by atomic mass is 35.5. The number of rotatable bonds is 2. The van der Waals surface area contributed by atoms with E-state index in [0.29, 0.717) is 10.6 Å². The van der Waals surface area contributed by atoms with Crippen LogP contribution in [0.25, 0.3) is 0 Å². The van der Waals surface area contributed by atoms with E-state index in [-0.39, 0.29) is 11.8 Å². The first-order valence-electron chi connectivity index (χ1n) is 3.89. The molecule has 0 heterocycles. The van der Waals surface area contributed by atoms with Crippen molar-refractivity contribution in [1.82, 2.24) is 0 Å². The number of hydrogen-bond acceptors (Lipinski definition) is 2. The van der Waals surface area contributed by atoms with Crippen molar-refractivity contribution in [3.05, 3.63) is 28.8 Å². The number of benzene rings is 1. The molecule has 66 valence electrons. The molecule has 0 saturated carbocycles. The molecule has 0 aromatic heterocycles. The van der Waals surface area contributed by atoms with Gasteiger partial charge in [0.2, 0.25) is 0 Å². The van der Waals surface area contributed by atoms with Crippen molar-refractivity contribution in [1.29, 1.82) is 0 Å². The van der Waals surface area contributed by atoms with Gasteiger partial charge in [-0.1, -0.05) is 30.7 Å². The minimum Gasteiger partial charge on any atom is -0.506 e. The molecule has 0 aliphatic heterocycles. The molecule has 0 spiro atoms. The molecule has 1 aromatic rings. The van der Waals surface area contributed by atoms with Crippen molar-refractivity contribution < 1.29 is 5.11 Å². The number of phenolic OH excluding ortho intramolecular Hbond substituents is 1. The molecule has 1 atom stereocenters. The topological polar surface area (TPSA) is 46.2 Å². The summed E-state index contributed by atoms with van der Waals surface area (Å²) in [6.07, 6.45) is 0.786. The van der Waals surface area contributed by atoms with Gasteiger partial charge in [-0.3, -0.25) is 0 Å². The summed E-state index contributed by atoms with van der Waals surface area (Å²) in [5.74, 6) is 0.105. The van der Waals surface area contributed by atoms with Crippen LogP contribution < -0.4 is 5.73 Å². The van der Waals surface area contributed by atoms with Gasteiger partial charge in [0, 0.05) is 11.6 Å². The molecule has 0 amide bonds. The van der Waals surface area contributed by atoms with Crippen LogP contribution in [0.2, 0.25) is 5.02 Å². The molecule has 3 N–H and O–H groups in total. The van der Waals surface area contributed by atoms with Gasteiger partial charge in [-0.05, 0) is 12.5 Å². The van der Waals surface area contributed by atoms with E-state index in [9.17, 15) is 5.11 Å². The molecule has 1 rings (SSSR count). The van der Waals surface area contributed by atoms with Gasteiger partial charge >= 0.3 is 0 Å². The maximum absolute atomic E-state index is 9.49. The van der Waals surface area contributed by atoms with E-state index in [1.807, 2.05) is 6.92 Å². The second-order valence-electron chi connectivity index (χ2n) is 2.69. The lowest BCUT2D eigenvalue weighted by molar-refractivity contribution is 0.460. The highest BCUT2D eigenvalue weighted by Gasteiger charge is 2.10. The Kier molecular flexibility index (Phi) is 2.95. The van der Waals surface area contributed by atoms with E-state index in [0.717, 1.165) is 6.42 Å². The summed E-state index contributed by atoms with van der Waals surface area (Å²) in [6, 6.07) is 5.08. The van der Waals surface area contributed by atoms with Crippen molar-refractivity contribution in [2.75, 3.05) is 0 Å². The molecule has 0 radical (unpaired) electrons. The van der Waals surface area contributed by atoms with E-state index < -0.39 is 0 Å². The van der Waals surface area contributed by atoms with Crippen molar-refractivity contribution >= 4 is 11.6 Å². The highest BCUT2D eigenvalue weighted by molar-refractivity contribution is 6.32. The van der Waals surface area contributed by atoms with E-state index in [2.05, 4.69) is 0 Å². The summed E-state index contributed by atoms with van der Waals surface area (Å²) in [6.45, 7) is 1.96. The van der Waals surface area contributed by atoms with Crippen LogP contribution in [0.1, 0.15) is 24.9 Å². The summed E-state index contributed by atoms with van der Waals surface area (Å²) in [4.78, 5) is 0. The zero-order valence-electron chi connectivity index (χ0n) is 6.92. The molecule has 0 bridgehead atoms. The average Bonchev–Trinajstić information content (AvgIpc) is 2.08.